The second-order valence-electron chi connectivity index (χ2n) is 5.19. The number of hydrogen-bond donors (Lipinski definition) is 1. The lowest BCUT2D eigenvalue weighted by molar-refractivity contribution is -0.124. The highest BCUT2D eigenvalue weighted by Crippen LogP contribution is 2.13. The monoisotopic (exact) mass is 324 g/mol. The fourth-order valence-electron chi connectivity index (χ4n) is 2.29. The Hall–Kier alpha value is -3.22. The molecule has 2 aromatic heterocycles. The zero-order valence-electron chi connectivity index (χ0n) is 13.1. The van der Waals surface area contributed by atoms with Gasteiger partial charge in [-0.15, -0.1) is 0 Å². The van der Waals surface area contributed by atoms with Gasteiger partial charge >= 0.3 is 5.97 Å². The molecule has 0 bridgehead atoms. The van der Waals surface area contributed by atoms with E-state index in [1.807, 2.05) is 30.3 Å². The molecule has 122 valence electrons. The molecule has 1 aromatic carbocycles. The largest absolute Gasteiger partial charge is 0.452 e. The summed E-state index contributed by atoms with van der Waals surface area (Å²) in [5.74, 6) is -0.981. The Labute approximate surface area is 138 Å². The summed E-state index contributed by atoms with van der Waals surface area (Å²) in [6.45, 7) is 1.73. The molecule has 0 aliphatic heterocycles. The minimum absolute atomic E-state index is 0.270. The number of nitrogens with zero attached hydrogens (tertiary/aromatic N) is 3. The third kappa shape index (κ3) is 3.40. The summed E-state index contributed by atoms with van der Waals surface area (Å²) in [4.78, 5) is 28.2. The van der Waals surface area contributed by atoms with Crippen molar-refractivity contribution in [3.05, 3.63) is 65.6 Å². The first-order chi connectivity index (χ1) is 11.6. The Morgan fingerprint density at radius 2 is 2.00 bits per heavy atom. The molecule has 3 aromatic rings. The van der Waals surface area contributed by atoms with Gasteiger partial charge < -0.3 is 10.1 Å². The van der Waals surface area contributed by atoms with E-state index >= 15 is 0 Å². The van der Waals surface area contributed by atoms with Crippen molar-refractivity contribution in [3.8, 4) is 0 Å². The Kier molecular flexibility index (Phi) is 4.51. The molecule has 0 spiro atoms. The zero-order valence-corrected chi connectivity index (χ0v) is 13.1. The van der Waals surface area contributed by atoms with Crippen LogP contribution in [0.5, 0.6) is 0 Å². The Bertz CT molecular complexity index is 874. The van der Waals surface area contributed by atoms with Gasteiger partial charge in [0.25, 0.3) is 5.91 Å². The van der Waals surface area contributed by atoms with E-state index in [9.17, 15) is 9.59 Å². The third-order valence-electron chi connectivity index (χ3n) is 3.44. The lowest BCUT2D eigenvalue weighted by Gasteiger charge is -2.06. The molecule has 1 amide bonds. The van der Waals surface area contributed by atoms with Gasteiger partial charge in [-0.25, -0.2) is 14.3 Å². The number of benzene rings is 1. The van der Waals surface area contributed by atoms with Crippen LogP contribution >= 0.6 is 0 Å². The molecule has 0 fully saturated rings. The highest BCUT2D eigenvalue weighted by atomic mass is 16.5. The molecule has 24 heavy (non-hydrogen) atoms. The van der Waals surface area contributed by atoms with Crippen molar-refractivity contribution in [3.63, 3.8) is 0 Å². The van der Waals surface area contributed by atoms with Gasteiger partial charge in [0.05, 0.1) is 5.69 Å². The van der Waals surface area contributed by atoms with Crippen molar-refractivity contribution in [2.75, 3.05) is 6.61 Å². The molecule has 0 aliphatic rings. The van der Waals surface area contributed by atoms with Gasteiger partial charge in [-0.05, 0) is 18.6 Å². The summed E-state index contributed by atoms with van der Waals surface area (Å²) in [7, 11) is 0. The van der Waals surface area contributed by atoms with Crippen LogP contribution in [0.3, 0.4) is 0 Å². The number of aryl methyl sites for hydroxylation is 1. The van der Waals surface area contributed by atoms with Gasteiger partial charge in [-0.1, -0.05) is 30.3 Å². The van der Waals surface area contributed by atoms with Crippen LogP contribution in [0.2, 0.25) is 0 Å². The Morgan fingerprint density at radius 1 is 1.21 bits per heavy atom. The number of fused-ring (bicyclic) bond motifs is 1. The van der Waals surface area contributed by atoms with E-state index in [0.29, 0.717) is 17.9 Å². The highest BCUT2D eigenvalue weighted by molar-refractivity contribution is 5.98. The number of esters is 1. The minimum Gasteiger partial charge on any atom is -0.452 e. The molecule has 3 rings (SSSR count). The molecule has 2 heterocycles. The van der Waals surface area contributed by atoms with Gasteiger partial charge in [0.2, 0.25) is 0 Å². The molecular formula is C17H16N4O3. The van der Waals surface area contributed by atoms with E-state index < -0.39 is 5.97 Å². The molecule has 0 saturated heterocycles. The number of carbonyl (C=O) groups excluding carboxylic acids is 2. The van der Waals surface area contributed by atoms with Crippen molar-refractivity contribution < 1.29 is 14.3 Å². The van der Waals surface area contributed by atoms with E-state index in [-0.39, 0.29) is 18.1 Å². The van der Waals surface area contributed by atoms with Crippen LogP contribution in [-0.4, -0.2) is 33.1 Å². The summed E-state index contributed by atoms with van der Waals surface area (Å²) >= 11 is 0. The number of rotatable bonds is 5. The summed E-state index contributed by atoms with van der Waals surface area (Å²) in [6.07, 6.45) is 3.26. The molecule has 1 N–H and O–H groups in total. The normalized spacial score (nSPS) is 10.5. The van der Waals surface area contributed by atoms with Crippen LogP contribution < -0.4 is 5.32 Å². The first-order valence-electron chi connectivity index (χ1n) is 7.43. The molecular weight excluding hydrogens is 308 g/mol. The average Bonchev–Trinajstić information content (AvgIpc) is 2.94. The number of nitrogens with one attached hydrogen (secondary N) is 1. The Balaban J connectivity index is 1.58. The third-order valence-corrected chi connectivity index (χ3v) is 3.44. The smallest absolute Gasteiger partial charge is 0.344 e. The van der Waals surface area contributed by atoms with Gasteiger partial charge in [0, 0.05) is 18.9 Å². The summed E-state index contributed by atoms with van der Waals surface area (Å²) in [6, 6.07) is 11.2. The molecule has 7 heteroatoms. The van der Waals surface area contributed by atoms with Gasteiger partial charge in [-0.3, -0.25) is 4.79 Å². The Morgan fingerprint density at radius 3 is 2.79 bits per heavy atom. The van der Waals surface area contributed by atoms with E-state index in [0.717, 1.165) is 5.56 Å². The van der Waals surface area contributed by atoms with Gasteiger partial charge in [-0.2, -0.15) is 5.10 Å². The number of carbonyl (C=O) groups is 2. The second kappa shape index (κ2) is 6.91. The topological polar surface area (TPSA) is 85.6 Å². The van der Waals surface area contributed by atoms with Gasteiger partial charge in [0.1, 0.15) is 5.56 Å². The van der Waals surface area contributed by atoms with Gasteiger partial charge in [0.15, 0.2) is 12.3 Å². The van der Waals surface area contributed by atoms with Crippen molar-refractivity contribution in [2.45, 2.75) is 13.5 Å². The fourth-order valence-corrected chi connectivity index (χ4v) is 2.29. The van der Waals surface area contributed by atoms with E-state index in [4.69, 9.17) is 4.74 Å². The molecule has 0 aliphatic carbocycles. The van der Waals surface area contributed by atoms with Crippen molar-refractivity contribution in [2.24, 2.45) is 0 Å². The molecule has 7 nitrogen and oxygen atoms in total. The predicted molar refractivity (Wildman–Crippen MR) is 86.3 cm³/mol. The predicted octanol–water partition coefficient (Wildman–Crippen LogP) is 1.51. The standard InChI is InChI=1S/C17H16N4O3/c1-12-15(16-18-8-5-9-21(16)20-12)17(23)24-11-14(22)19-10-13-6-3-2-4-7-13/h2-9H,10-11H2,1H3,(H,19,22). The van der Waals surface area contributed by atoms with Crippen LogP contribution in [0, 0.1) is 6.92 Å². The average molecular weight is 324 g/mol. The molecule has 0 radical (unpaired) electrons. The quantitative estimate of drug-likeness (QED) is 0.719. The van der Waals surface area contributed by atoms with Crippen LogP contribution in [-0.2, 0) is 16.1 Å². The summed E-state index contributed by atoms with van der Waals surface area (Å²) in [5.41, 5.74) is 2.15. The van der Waals surface area contributed by atoms with Crippen LogP contribution in [0.25, 0.3) is 5.65 Å². The fraction of sp³-hybridized carbons (Fsp3) is 0.176. The lowest BCUT2D eigenvalue weighted by atomic mass is 10.2. The maximum Gasteiger partial charge on any atom is 0.344 e. The number of ether oxygens (including phenoxy) is 1. The van der Waals surface area contributed by atoms with E-state index in [1.165, 1.54) is 4.52 Å². The number of amides is 1. The first kappa shape index (κ1) is 15.7. The maximum absolute atomic E-state index is 12.2. The van der Waals surface area contributed by atoms with E-state index in [1.54, 1.807) is 25.4 Å². The SMILES string of the molecule is Cc1nn2cccnc2c1C(=O)OCC(=O)NCc1ccccc1. The first-order valence-corrected chi connectivity index (χ1v) is 7.43. The van der Waals surface area contributed by atoms with Crippen LogP contribution in [0.4, 0.5) is 0 Å². The zero-order chi connectivity index (χ0) is 16.9. The minimum atomic E-state index is -0.615. The lowest BCUT2D eigenvalue weighted by Crippen LogP contribution is -2.28. The molecule has 0 atom stereocenters. The number of hydrogen-bond acceptors (Lipinski definition) is 5. The summed E-state index contributed by atoms with van der Waals surface area (Å²) in [5, 5.41) is 6.89. The van der Waals surface area contributed by atoms with E-state index in [2.05, 4.69) is 15.4 Å². The maximum atomic E-state index is 12.2. The van der Waals surface area contributed by atoms with Crippen LogP contribution in [0.1, 0.15) is 21.6 Å². The van der Waals surface area contributed by atoms with Crippen molar-refractivity contribution >= 4 is 17.5 Å². The molecule has 0 unspecified atom stereocenters. The summed E-state index contributed by atoms with van der Waals surface area (Å²) < 4.78 is 6.58. The van der Waals surface area contributed by atoms with Crippen molar-refractivity contribution in [1.82, 2.24) is 19.9 Å². The van der Waals surface area contributed by atoms with Crippen LogP contribution in [0.15, 0.2) is 48.8 Å². The number of aromatic nitrogens is 3. The second-order valence-corrected chi connectivity index (χ2v) is 5.19. The van der Waals surface area contributed by atoms with Crippen molar-refractivity contribution in [1.29, 1.82) is 0 Å². The highest BCUT2D eigenvalue weighted by Gasteiger charge is 2.20. The molecule has 0 saturated carbocycles.